The summed E-state index contributed by atoms with van der Waals surface area (Å²) in [6.07, 6.45) is 0.923. The van der Waals surface area contributed by atoms with Crippen molar-refractivity contribution in [2.24, 2.45) is 5.92 Å². The van der Waals surface area contributed by atoms with E-state index >= 15 is 0 Å². The minimum Gasteiger partial charge on any atom is -0.508 e. The van der Waals surface area contributed by atoms with E-state index in [0.29, 0.717) is 12.5 Å². The molecule has 7 heteroatoms. The zero-order chi connectivity index (χ0) is 23.7. The number of alkyl halides is 1. The van der Waals surface area contributed by atoms with Gasteiger partial charge in [0, 0.05) is 36.7 Å². The van der Waals surface area contributed by atoms with E-state index in [0.717, 1.165) is 53.2 Å². The van der Waals surface area contributed by atoms with Gasteiger partial charge in [-0.2, -0.15) is 0 Å². The molecule has 0 saturated carbocycles. The molecule has 2 N–H and O–H groups in total. The van der Waals surface area contributed by atoms with Crippen molar-refractivity contribution in [3.05, 3.63) is 77.5 Å². The van der Waals surface area contributed by atoms with Gasteiger partial charge >= 0.3 is 0 Å². The van der Waals surface area contributed by atoms with Crippen molar-refractivity contribution in [2.45, 2.75) is 13.0 Å². The van der Waals surface area contributed by atoms with Gasteiger partial charge in [0.2, 0.25) is 5.88 Å². The van der Waals surface area contributed by atoms with Crippen LogP contribution in [-0.4, -0.2) is 53.0 Å². The average Bonchev–Trinajstić information content (AvgIpc) is 2.81. The standard InChI is InChI=1S/C27H27FN2O4/c1-17-24-12-22(32)14-29-27(24)34-26(25(17)20-3-2-4-21(31)11-20)19-5-7-23(8-6-19)33-10-9-30-15-18(13-28)16-30/h2-8,11-12,14,18,26,31-32H,9-10,13,15-16H2,1H3. The SMILES string of the molecule is CC1=C(c2cccc(O)c2)C(c2ccc(OCCN3CC(CF)C3)cc2)Oc2ncc(O)cc21. The topological polar surface area (TPSA) is 75.1 Å². The van der Waals surface area contributed by atoms with Crippen molar-refractivity contribution < 1.29 is 24.1 Å². The van der Waals surface area contributed by atoms with Crippen LogP contribution in [0.4, 0.5) is 4.39 Å². The first-order valence-corrected chi connectivity index (χ1v) is 11.4. The summed E-state index contributed by atoms with van der Waals surface area (Å²) in [5.41, 5.74) is 4.28. The molecule has 176 valence electrons. The number of ether oxygens (including phenoxy) is 2. The number of phenolic OH excluding ortho intramolecular Hbond substituents is 1. The maximum Gasteiger partial charge on any atom is 0.222 e. The van der Waals surface area contributed by atoms with Crippen LogP contribution in [-0.2, 0) is 0 Å². The molecule has 0 amide bonds. The minimum absolute atomic E-state index is 0.0651. The Morgan fingerprint density at radius 2 is 1.88 bits per heavy atom. The van der Waals surface area contributed by atoms with E-state index in [4.69, 9.17) is 9.47 Å². The molecule has 1 unspecified atom stereocenters. The highest BCUT2D eigenvalue weighted by molar-refractivity contribution is 5.95. The molecule has 5 rings (SSSR count). The molecule has 0 radical (unpaired) electrons. The van der Waals surface area contributed by atoms with Crippen LogP contribution in [0.25, 0.3) is 11.1 Å². The van der Waals surface area contributed by atoms with E-state index in [-0.39, 0.29) is 24.1 Å². The molecular formula is C27H27FN2O4. The van der Waals surface area contributed by atoms with Gasteiger partial charge in [-0.25, -0.2) is 4.98 Å². The molecule has 2 aliphatic rings. The minimum atomic E-state index is -0.445. The zero-order valence-corrected chi connectivity index (χ0v) is 18.9. The third-order valence-corrected chi connectivity index (χ3v) is 6.40. The highest BCUT2D eigenvalue weighted by atomic mass is 19.1. The van der Waals surface area contributed by atoms with Gasteiger partial charge in [-0.15, -0.1) is 0 Å². The van der Waals surface area contributed by atoms with Crippen LogP contribution in [0.5, 0.6) is 23.1 Å². The quantitative estimate of drug-likeness (QED) is 0.524. The van der Waals surface area contributed by atoms with Gasteiger partial charge in [-0.05, 0) is 54.0 Å². The molecule has 3 aromatic rings. The summed E-state index contributed by atoms with van der Waals surface area (Å²) < 4.78 is 24.8. The van der Waals surface area contributed by atoms with E-state index < -0.39 is 6.10 Å². The van der Waals surface area contributed by atoms with Crippen molar-refractivity contribution in [1.29, 1.82) is 0 Å². The lowest BCUT2D eigenvalue weighted by Crippen LogP contribution is -2.49. The van der Waals surface area contributed by atoms with E-state index in [2.05, 4.69) is 9.88 Å². The monoisotopic (exact) mass is 462 g/mol. The summed E-state index contributed by atoms with van der Waals surface area (Å²) in [5.74, 6) is 1.61. The second kappa shape index (κ2) is 9.35. The third-order valence-electron chi connectivity index (χ3n) is 6.40. The first-order chi connectivity index (χ1) is 16.5. The molecule has 6 nitrogen and oxygen atoms in total. The Morgan fingerprint density at radius 1 is 1.09 bits per heavy atom. The first kappa shape index (κ1) is 22.2. The average molecular weight is 463 g/mol. The van der Waals surface area contributed by atoms with E-state index in [1.807, 2.05) is 37.3 Å². The second-order valence-electron chi connectivity index (χ2n) is 8.83. The molecule has 2 aromatic carbocycles. The van der Waals surface area contributed by atoms with Gasteiger partial charge in [-0.3, -0.25) is 9.29 Å². The van der Waals surface area contributed by atoms with Crippen LogP contribution in [0.1, 0.15) is 29.7 Å². The number of aromatic nitrogens is 1. The molecular weight excluding hydrogens is 435 g/mol. The number of pyridine rings is 1. The number of hydrogen-bond donors (Lipinski definition) is 2. The van der Waals surface area contributed by atoms with E-state index in [9.17, 15) is 14.6 Å². The van der Waals surface area contributed by atoms with Crippen LogP contribution in [0.3, 0.4) is 0 Å². The van der Waals surface area contributed by atoms with Crippen LogP contribution in [0.2, 0.25) is 0 Å². The normalized spacial score (nSPS) is 18.2. The highest BCUT2D eigenvalue weighted by Crippen LogP contribution is 2.46. The Labute approximate surface area is 197 Å². The van der Waals surface area contributed by atoms with Gasteiger partial charge in [0.25, 0.3) is 0 Å². The van der Waals surface area contributed by atoms with E-state index in [1.165, 1.54) is 6.20 Å². The number of halogens is 1. The Balaban J connectivity index is 1.38. The Kier molecular flexibility index (Phi) is 6.11. The molecule has 0 bridgehead atoms. The fourth-order valence-corrected chi connectivity index (χ4v) is 4.58. The number of allylic oxidation sites excluding steroid dienone is 1. The number of benzene rings is 2. The summed E-state index contributed by atoms with van der Waals surface area (Å²) in [6, 6.07) is 16.4. The van der Waals surface area contributed by atoms with Crippen LogP contribution >= 0.6 is 0 Å². The number of hydrogen-bond acceptors (Lipinski definition) is 6. The van der Waals surface area contributed by atoms with Gasteiger partial charge in [0.05, 0.1) is 12.9 Å². The Bertz CT molecular complexity index is 1210. The number of rotatable bonds is 7. The largest absolute Gasteiger partial charge is 0.508 e. The summed E-state index contributed by atoms with van der Waals surface area (Å²) in [5, 5.41) is 20.0. The van der Waals surface area contributed by atoms with Crippen molar-refractivity contribution in [3.63, 3.8) is 0 Å². The fourth-order valence-electron chi connectivity index (χ4n) is 4.58. The molecule has 34 heavy (non-hydrogen) atoms. The van der Waals surface area contributed by atoms with Crippen LogP contribution in [0, 0.1) is 5.92 Å². The third kappa shape index (κ3) is 4.43. The highest BCUT2D eigenvalue weighted by Gasteiger charge is 2.31. The van der Waals surface area contributed by atoms with Gasteiger partial charge in [-0.1, -0.05) is 24.3 Å². The molecule has 1 aromatic heterocycles. The van der Waals surface area contributed by atoms with Gasteiger partial charge < -0.3 is 19.7 Å². The second-order valence-corrected chi connectivity index (χ2v) is 8.83. The molecule has 0 aliphatic carbocycles. The zero-order valence-electron chi connectivity index (χ0n) is 18.9. The van der Waals surface area contributed by atoms with Crippen molar-refractivity contribution in [3.8, 4) is 23.1 Å². The maximum absolute atomic E-state index is 12.6. The van der Waals surface area contributed by atoms with Crippen LogP contribution in [0.15, 0.2) is 60.8 Å². The number of nitrogens with zero attached hydrogens (tertiary/aromatic N) is 2. The lowest BCUT2D eigenvalue weighted by Gasteiger charge is -2.37. The molecule has 3 heterocycles. The number of likely N-dealkylation sites (tertiary alicyclic amines) is 1. The fraction of sp³-hybridized carbons (Fsp3) is 0.296. The summed E-state index contributed by atoms with van der Waals surface area (Å²) in [4.78, 5) is 6.47. The number of aromatic hydroxyl groups is 2. The predicted molar refractivity (Wildman–Crippen MR) is 128 cm³/mol. The van der Waals surface area contributed by atoms with Gasteiger partial charge in [0.15, 0.2) is 6.10 Å². The lowest BCUT2D eigenvalue weighted by atomic mass is 9.87. The maximum atomic E-state index is 12.6. The van der Waals surface area contributed by atoms with E-state index in [1.54, 1.807) is 24.3 Å². The summed E-state index contributed by atoms with van der Waals surface area (Å²) in [6.45, 7) is 4.65. The smallest absolute Gasteiger partial charge is 0.222 e. The molecule has 1 atom stereocenters. The van der Waals surface area contributed by atoms with Crippen molar-refractivity contribution >= 4 is 11.1 Å². The molecule has 0 spiro atoms. The van der Waals surface area contributed by atoms with Crippen LogP contribution < -0.4 is 9.47 Å². The van der Waals surface area contributed by atoms with Crippen molar-refractivity contribution in [1.82, 2.24) is 9.88 Å². The first-order valence-electron chi connectivity index (χ1n) is 11.4. The predicted octanol–water partition coefficient (Wildman–Crippen LogP) is 4.84. The van der Waals surface area contributed by atoms with Gasteiger partial charge in [0.1, 0.15) is 23.9 Å². The van der Waals surface area contributed by atoms with Crippen molar-refractivity contribution in [2.75, 3.05) is 32.9 Å². The molecule has 2 aliphatic heterocycles. The Morgan fingerprint density at radius 3 is 2.62 bits per heavy atom. The lowest BCUT2D eigenvalue weighted by molar-refractivity contribution is 0.0668. The summed E-state index contributed by atoms with van der Waals surface area (Å²) >= 11 is 0. The number of fused-ring (bicyclic) bond motifs is 1. The summed E-state index contributed by atoms with van der Waals surface area (Å²) in [7, 11) is 0. The molecule has 1 fully saturated rings. The molecule has 1 saturated heterocycles. The number of phenols is 1. The Hall–Kier alpha value is -3.58.